The van der Waals surface area contributed by atoms with Crippen LogP contribution in [0.3, 0.4) is 0 Å². The Kier molecular flexibility index (Phi) is 7.02. The van der Waals surface area contributed by atoms with Gasteiger partial charge in [-0.05, 0) is 17.7 Å². The molecule has 0 aliphatic rings. The first-order valence-corrected chi connectivity index (χ1v) is 10.0. The summed E-state index contributed by atoms with van der Waals surface area (Å²) in [7, 11) is 5.08. The monoisotopic (exact) mass is 409 g/mol. The minimum atomic E-state index is -0.477. The molecular weight excluding hydrogens is 386 g/mol. The molecule has 7 nitrogen and oxygen atoms in total. The van der Waals surface area contributed by atoms with E-state index in [4.69, 9.17) is 4.74 Å². The van der Waals surface area contributed by atoms with Crippen molar-refractivity contribution in [1.29, 1.82) is 0 Å². The predicted octanol–water partition coefficient (Wildman–Crippen LogP) is 3.63. The van der Waals surface area contributed by atoms with Crippen LogP contribution in [0.1, 0.15) is 21.6 Å². The molecule has 0 fully saturated rings. The van der Waals surface area contributed by atoms with E-state index in [1.165, 1.54) is 18.9 Å². The van der Waals surface area contributed by atoms with Crippen molar-refractivity contribution in [3.8, 4) is 0 Å². The first-order chi connectivity index (χ1) is 14.1. The fourth-order valence-corrected chi connectivity index (χ4v) is 3.52. The van der Waals surface area contributed by atoms with Crippen LogP contribution in [0, 0.1) is 0 Å². The molecule has 3 aromatic rings. The van der Waals surface area contributed by atoms with Gasteiger partial charge in [-0.15, -0.1) is 11.8 Å². The van der Waals surface area contributed by atoms with Crippen molar-refractivity contribution in [3.05, 3.63) is 71.5 Å². The first-order valence-electron chi connectivity index (χ1n) is 9.06. The number of pyridine rings is 1. The molecule has 0 spiro atoms. The molecular formula is C21H23N5O2S. The predicted molar refractivity (Wildman–Crippen MR) is 115 cm³/mol. The molecule has 0 atom stereocenters. The van der Waals surface area contributed by atoms with Gasteiger partial charge in [-0.3, -0.25) is 4.98 Å². The number of aromatic nitrogens is 3. The average molecular weight is 410 g/mol. The molecule has 0 amide bonds. The Morgan fingerprint density at radius 1 is 1.10 bits per heavy atom. The number of esters is 1. The number of hydrogen-bond donors (Lipinski definition) is 1. The van der Waals surface area contributed by atoms with Crippen molar-refractivity contribution in [1.82, 2.24) is 15.0 Å². The van der Waals surface area contributed by atoms with Gasteiger partial charge in [0.2, 0.25) is 5.95 Å². The van der Waals surface area contributed by atoms with Crippen LogP contribution in [0.4, 0.5) is 11.8 Å². The molecule has 8 heteroatoms. The topological polar surface area (TPSA) is 80.2 Å². The molecule has 29 heavy (non-hydrogen) atoms. The lowest BCUT2D eigenvalue weighted by molar-refractivity contribution is 0.0596. The third-order valence-corrected chi connectivity index (χ3v) is 5.08. The van der Waals surface area contributed by atoms with Crippen LogP contribution in [0.5, 0.6) is 0 Å². The van der Waals surface area contributed by atoms with Gasteiger partial charge in [-0.2, -0.15) is 4.98 Å². The number of rotatable bonds is 8. The number of ether oxygens (including phenoxy) is 1. The maximum absolute atomic E-state index is 12.6. The zero-order chi connectivity index (χ0) is 20.6. The SMILES string of the molecule is COC(=O)c1c(NCc2ccccn2)nc(N(C)C)nc1SCc1ccccc1. The molecule has 2 heterocycles. The number of methoxy groups -OCH3 is 1. The highest BCUT2D eigenvalue weighted by Crippen LogP contribution is 2.31. The second-order valence-electron chi connectivity index (χ2n) is 6.39. The molecule has 150 valence electrons. The Labute approximate surface area is 174 Å². The number of nitrogens with zero attached hydrogens (tertiary/aromatic N) is 4. The van der Waals surface area contributed by atoms with Crippen molar-refractivity contribution >= 4 is 29.5 Å². The maximum Gasteiger partial charge on any atom is 0.344 e. The first kappa shape index (κ1) is 20.6. The summed E-state index contributed by atoms with van der Waals surface area (Å²) in [5, 5.41) is 3.80. The number of anilines is 2. The fraction of sp³-hybridized carbons (Fsp3) is 0.238. The third kappa shape index (κ3) is 5.45. The van der Waals surface area contributed by atoms with Crippen molar-refractivity contribution in [3.63, 3.8) is 0 Å². The summed E-state index contributed by atoms with van der Waals surface area (Å²) >= 11 is 1.48. The van der Waals surface area contributed by atoms with E-state index in [2.05, 4.69) is 20.3 Å². The number of benzene rings is 1. The molecule has 2 aromatic heterocycles. The summed E-state index contributed by atoms with van der Waals surface area (Å²) in [5.41, 5.74) is 2.31. The Morgan fingerprint density at radius 2 is 1.86 bits per heavy atom. The number of carbonyl (C=O) groups is 1. The van der Waals surface area contributed by atoms with Crippen LogP contribution >= 0.6 is 11.8 Å². The third-order valence-electron chi connectivity index (χ3n) is 4.04. The van der Waals surface area contributed by atoms with E-state index in [1.807, 2.05) is 62.6 Å². The van der Waals surface area contributed by atoms with Gasteiger partial charge in [0, 0.05) is 26.0 Å². The van der Waals surface area contributed by atoms with E-state index in [0.29, 0.717) is 34.7 Å². The molecule has 3 rings (SSSR count). The minimum Gasteiger partial charge on any atom is -0.465 e. The summed E-state index contributed by atoms with van der Waals surface area (Å²) in [4.78, 5) is 27.8. The van der Waals surface area contributed by atoms with Gasteiger partial charge in [-0.25, -0.2) is 9.78 Å². The van der Waals surface area contributed by atoms with E-state index in [1.54, 1.807) is 11.1 Å². The van der Waals surface area contributed by atoms with E-state index in [9.17, 15) is 4.79 Å². The number of hydrogen-bond acceptors (Lipinski definition) is 8. The highest BCUT2D eigenvalue weighted by Gasteiger charge is 2.23. The maximum atomic E-state index is 12.6. The Morgan fingerprint density at radius 3 is 2.52 bits per heavy atom. The fourth-order valence-electron chi connectivity index (χ4n) is 2.55. The largest absolute Gasteiger partial charge is 0.465 e. The van der Waals surface area contributed by atoms with Gasteiger partial charge in [0.1, 0.15) is 16.4 Å². The van der Waals surface area contributed by atoms with Crippen LogP contribution < -0.4 is 10.2 Å². The molecule has 0 aliphatic carbocycles. The van der Waals surface area contributed by atoms with Gasteiger partial charge >= 0.3 is 5.97 Å². The molecule has 1 N–H and O–H groups in total. The van der Waals surface area contributed by atoms with Gasteiger partial charge in [-0.1, -0.05) is 36.4 Å². The summed E-state index contributed by atoms with van der Waals surface area (Å²) in [6.07, 6.45) is 1.73. The smallest absolute Gasteiger partial charge is 0.344 e. The second kappa shape index (κ2) is 9.88. The lowest BCUT2D eigenvalue weighted by Gasteiger charge is -2.17. The van der Waals surface area contributed by atoms with Crippen molar-refractivity contribution in [2.45, 2.75) is 17.3 Å². The average Bonchev–Trinajstić information content (AvgIpc) is 2.76. The van der Waals surface area contributed by atoms with E-state index >= 15 is 0 Å². The van der Waals surface area contributed by atoms with E-state index in [0.717, 1.165) is 11.3 Å². The van der Waals surface area contributed by atoms with Crippen LogP contribution in [-0.4, -0.2) is 42.1 Å². The van der Waals surface area contributed by atoms with Crippen LogP contribution in [0.25, 0.3) is 0 Å². The highest BCUT2D eigenvalue weighted by molar-refractivity contribution is 7.98. The molecule has 0 radical (unpaired) electrons. The number of thioether (sulfide) groups is 1. The van der Waals surface area contributed by atoms with Gasteiger partial charge in [0.15, 0.2) is 0 Å². The molecule has 0 unspecified atom stereocenters. The van der Waals surface area contributed by atoms with E-state index < -0.39 is 5.97 Å². The quantitative estimate of drug-likeness (QED) is 0.343. The Bertz CT molecular complexity index is 887. The van der Waals surface area contributed by atoms with Crippen molar-refractivity contribution in [2.24, 2.45) is 0 Å². The Balaban J connectivity index is 1.95. The summed E-state index contributed by atoms with van der Waals surface area (Å²) in [5.74, 6) is 1.14. The molecule has 0 saturated heterocycles. The minimum absolute atomic E-state index is 0.329. The molecule has 0 bridgehead atoms. The standard InChI is InChI=1S/C21H23N5O2S/c1-26(2)21-24-18(23-13-16-11-7-8-12-22-16)17(20(27)28-3)19(25-21)29-14-15-9-5-4-6-10-15/h4-12H,13-14H2,1-3H3,(H,23,24,25). The molecule has 1 aromatic carbocycles. The van der Waals surface area contributed by atoms with Crippen molar-refractivity contribution < 1.29 is 9.53 Å². The van der Waals surface area contributed by atoms with Crippen LogP contribution in [0.2, 0.25) is 0 Å². The summed E-state index contributed by atoms with van der Waals surface area (Å²) in [6.45, 7) is 0.428. The lowest BCUT2D eigenvalue weighted by Crippen LogP contribution is -2.19. The van der Waals surface area contributed by atoms with Crippen LogP contribution in [-0.2, 0) is 17.0 Å². The Hall–Kier alpha value is -3.13. The summed E-state index contributed by atoms with van der Waals surface area (Å²) in [6, 6.07) is 15.7. The molecule has 0 aliphatic heterocycles. The molecule has 0 saturated carbocycles. The van der Waals surface area contributed by atoms with Crippen molar-refractivity contribution in [2.75, 3.05) is 31.4 Å². The van der Waals surface area contributed by atoms with Crippen LogP contribution in [0.15, 0.2) is 59.8 Å². The zero-order valence-electron chi connectivity index (χ0n) is 16.6. The number of nitrogens with one attached hydrogen (secondary N) is 1. The normalized spacial score (nSPS) is 10.4. The van der Waals surface area contributed by atoms with E-state index in [-0.39, 0.29) is 0 Å². The zero-order valence-corrected chi connectivity index (χ0v) is 17.4. The number of carbonyl (C=O) groups excluding carboxylic acids is 1. The van der Waals surface area contributed by atoms with Gasteiger partial charge in [0.25, 0.3) is 0 Å². The summed E-state index contributed by atoms with van der Waals surface area (Å²) < 4.78 is 5.02. The van der Waals surface area contributed by atoms with Gasteiger partial charge < -0.3 is 15.0 Å². The van der Waals surface area contributed by atoms with Gasteiger partial charge in [0.05, 0.1) is 19.3 Å². The highest BCUT2D eigenvalue weighted by atomic mass is 32.2. The second-order valence-corrected chi connectivity index (χ2v) is 7.35. The lowest BCUT2D eigenvalue weighted by atomic mass is 10.2.